The topological polar surface area (TPSA) is 71.5 Å². The number of hydrogen-bond donors (Lipinski definition) is 0. The summed E-state index contributed by atoms with van der Waals surface area (Å²) in [4.78, 5) is 20.2. The van der Waals surface area contributed by atoms with E-state index in [1.807, 2.05) is 29.2 Å². The van der Waals surface area contributed by atoms with Gasteiger partial charge in [0.1, 0.15) is 12.1 Å². The quantitative estimate of drug-likeness (QED) is 0.559. The van der Waals surface area contributed by atoms with E-state index in [2.05, 4.69) is 32.2 Å². The summed E-state index contributed by atoms with van der Waals surface area (Å²) in [6.45, 7) is 12.9. The maximum Gasteiger partial charge on any atom is 0.227 e. The molecule has 1 aromatic heterocycles. The minimum atomic E-state index is -0.479. The van der Waals surface area contributed by atoms with Crippen LogP contribution < -0.4 is 0 Å². The number of rotatable bonds is 6. The molecule has 0 spiro atoms. The van der Waals surface area contributed by atoms with Crippen molar-refractivity contribution in [3.8, 4) is 5.69 Å². The standard InChI is InChI=1S/C23H24FN7O/c1-17(19-5-8-21(24)22(14-19)25-2)15-29-9-11-30(12-10-29)23(32)13-18-3-6-20(7-4-18)31-16-26-27-28-31/h3-8,14,16-17H,9-13,15H2,1H3. The van der Waals surface area contributed by atoms with Crippen molar-refractivity contribution < 1.29 is 9.18 Å². The molecular weight excluding hydrogens is 409 g/mol. The zero-order valence-electron chi connectivity index (χ0n) is 17.9. The highest BCUT2D eigenvalue weighted by Crippen LogP contribution is 2.25. The second kappa shape index (κ2) is 9.66. The predicted molar refractivity (Wildman–Crippen MR) is 117 cm³/mol. The molecule has 0 aliphatic carbocycles. The number of hydrogen-bond acceptors (Lipinski definition) is 5. The number of aromatic nitrogens is 4. The molecule has 2 aromatic carbocycles. The lowest BCUT2D eigenvalue weighted by Crippen LogP contribution is -2.49. The van der Waals surface area contributed by atoms with E-state index in [4.69, 9.17) is 6.57 Å². The number of halogens is 1. The number of tetrazole rings is 1. The monoisotopic (exact) mass is 433 g/mol. The van der Waals surface area contributed by atoms with Crippen LogP contribution >= 0.6 is 0 Å². The summed E-state index contributed by atoms with van der Waals surface area (Å²) in [5.41, 5.74) is 2.82. The molecule has 1 aliphatic rings. The van der Waals surface area contributed by atoms with Gasteiger partial charge < -0.3 is 4.90 Å². The molecule has 164 valence electrons. The maximum absolute atomic E-state index is 13.6. The third kappa shape index (κ3) is 4.98. The van der Waals surface area contributed by atoms with Crippen LogP contribution in [0.15, 0.2) is 48.8 Å². The van der Waals surface area contributed by atoms with E-state index in [1.165, 1.54) is 12.4 Å². The van der Waals surface area contributed by atoms with Gasteiger partial charge in [-0.05, 0) is 46.2 Å². The summed E-state index contributed by atoms with van der Waals surface area (Å²) in [5, 5.41) is 11.1. The first kappa shape index (κ1) is 21.6. The SMILES string of the molecule is [C-]#[N+]c1cc(C(C)CN2CCN(C(=O)Cc3ccc(-n4cnnn4)cc3)CC2)ccc1F. The van der Waals surface area contributed by atoms with Crippen LogP contribution in [0.2, 0.25) is 0 Å². The number of carbonyl (C=O) groups is 1. The van der Waals surface area contributed by atoms with Crippen LogP contribution in [0, 0.1) is 12.4 Å². The molecule has 32 heavy (non-hydrogen) atoms. The van der Waals surface area contributed by atoms with Crippen LogP contribution in [0.3, 0.4) is 0 Å². The van der Waals surface area contributed by atoms with Crippen LogP contribution in [0.5, 0.6) is 0 Å². The number of benzene rings is 2. The number of piperazine rings is 1. The zero-order valence-corrected chi connectivity index (χ0v) is 17.9. The van der Waals surface area contributed by atoms with Crippen LogP contribution in [0.1, 0.15) is 24.0 Å². The van der Waals surface area contributed by atoms with E-state index < -0.39 is 5.82 Å². The fourth-order valence-corrected chi connectivity index (χ4v) is 3.93. The Kier molecular flexibility index (Phi) is 6.52. The lowest BCUT2D eigenvalue weighted by atomic mass is 9.99. The Morgan fingerprint density at radius 1 is 1.16 bits per heavy atom. The highest BCUT2D eigenvalue weighted by Gasteiger charge is 2.23. The smallest absolute Gasteiger partial charge is 0.227 e. The lowest BCUT2D eigenvalue weighted by molar-refractivity contribution is -0.132. The largest absolute Gasteiger partial charge is 0.340 e. The fraction of sp³-hybridized carbons (Fsp3) is 0.348. The van der Waals surface area contributed by atoms with Crippen molar-refractivity contribution in [3.63, 3.8) is 0 Å². The normalized spacial score (nSPS) is 15.3. The van der Waals surface area contributed by atoms with E-state index in [-0.39, 0.29) is 17.5 Å². The van der Waals surface area contributed by atoms with Crippen molar-refractivity contribution in [3.05, 3.63) is 77.2 Å². The van der Waals surface area contributed by atoms with Crippen LogP contribution in [-0.4, -0.2) is 68.6 Å². The highest BCUT2D eigenvalue weighted by atomic mass is 19.1. The number of amides is 1. The van der Waals surface area contributed by atoms with Gasteiger partial charge in [-0.1, -0.05) is 30.7 Å². The molecule has 0 radical (unpaired) electrons. The van der Waals surface area contributed by atoms with E-state index >= 15 is 0 Å². The molecule has 2 heterocycles. The predicted octanol–water partition coefficient (Wildman–Crippen LogP) is 2.84. The summed E-state index contributed by atoms with van der Waals surface area (Å²) in [7, 11) is 0. The van der Waals surface area contributed by atoms with E-state index in [0.29, 0.717) is 19.5 Å². The van der Waals surface area contributed by atoms with Crippen LogP contribution in [0.25, 0.3) is 10.5 Å². The Bertz CT molecular complexity index is 1100. The Balaban J connectivity index is 1.27. The van der Waals surface area contributed by atoms with Gasteiger partial charge in [-0.3, -0.25) is 9.69 Å². The summed E-state index contributed by atoms with van der Waals surface area (Å²) in [6.07, 6.45) is 1.89. The molecule has 9 heteroatoms. The van der Waals surface area contributed by atoms with E-state index in [1.54, 1.807) is 16.8 Å². The van der Waals surface area contributed by atoms with E-state index in [0.717, 1.165) is 36.4 Å². The Morgan fingerprint density at radius 2 is 1.91 bits per heavy atom. The summed E-state index contributed by atoms with van der Waals surface area (Å²) >= 11 is 0. The van der Waals surface area contributed by atoms with Crippen LogP contribution in [-0.2, 0) is 11.2 Å². The van der Waals surface area contributed by atoms with Gasteiger partial charge in [0.15, 0.2) is 0 Å². The van der Waals surface area contributed by atoms with Gasteiger partial charge in [0.05, 0.1) is 18.7 Å². The van der Waals surface area contributed by atoms with Gasteiger partial charge in [0.2, 0.25) is 11.6 Å². The highest BCUT2D eigenvalue weighted by molar-refractivity contribution is 5.79. The van der Waals surface area contributed by atoms with Crippen molar-refractivity contribution in [2.24, 2.45) is 0 Å². The molecule has 4 rings (SSSR count). The van der Waals surface area contributed by atoms with Gasteiger partial charge in [-0.25, -0.2) is 13.9 Å². The molecule has 0 N–H and O–H groups in total. The Labute approximate surface area is 186 Å². The van der Waals surface area contributed by atoms with Gasteiger partial charge in [0.25, 0.3) is 0 Å². The van der Waals surface area contributed by atoms with Gasteiger partial charge >= 0.3 is 0 Å². The van der Waals surface area contributed by atoms with Crippen molar-refractivity contribution in [1.82, 2.24) is 30.0 Å². The average Bonchev–Trinajstić information content (AvgIpc) is 3.35. The molecule has 1 unspecified atom stereocenters. The zero-order chi connectivity index (χ0) is 22.5. The fourth-order valence-electron chi connectivity index (χ4n) is 3.93. The first-order valence-electron chi connectivity index (χ1n) is 10.5. The molecule has 1 amide bonds. The van der Waals surface area contributed by atoms with E-state index in [9.17, 15) is 9.18 Å². The van der Waals surface area contributed by atoms with Crippen LogP contribution in [0.4, 0.5) is 10.1 Å². The van der Waals surface area contributed by atoms with Crippen molar-refractivity contribution >= 4 is 11.6 Å². The molecule has 8 nitrogen and oxygen atoms in total. The van der Waals surface area contributed by atoms with Gasteiger partial charge in [0, 0.05) is 32.7 Å². The van der Waals surface area contributed by atoms with Gasteiger partial charge in [-0.15, -0.1) is 5.10 Å². The molecule has 0 saturated carbocycles. The Hall–Kier alpha value is -3.64. The summed E-state index contributed by atoms with van der Waals surface area (Å²) in [6, 6.07) is 12.4. The molecule has 1 saturated heterocycles. The van der Waals surface area contributed by atoms with Crippen molar-refractivity contribution in [1.29, 1.82) is 0 Å². The minimum absolute atomic E-state index is 0.0655. The maximum atomic E-state index is 13.6. The minimum Gasteiger partial charge on any atom is -0.340 e. The molecule has 1 aliphatic heterocycles. The first-order valence-corrected chi connectivity index (χ1v) is 10.5. The average molecular weight is 433 g/mol. The number of nitrogens with zero attached hydrogens (tertiary/aromatic N) is 7. The second-order valence-corrected chi connectivity index (χ2v) is 8.00. The molecule has 1 atom stereocenters. The second-order valence-electron chi connectivity index (χ2n) is 8.00. The van der Waals surface area contributed by atoms with Crippen molar-refractivity contribution in [2.45, 2.75) is 19.3 Å². The molecular formula is C23H24FN7O. The number of carbonyl (C=O) groups excluding carboxylic acids is 1. The third-order valence-corrected chi connectivity index (χ3v) is 5.82. The molecule has 1 fully saturated rings. The molecule has 0 bridgehead atoms. The third-order valence-electron chi connectivity index (χ3n) is 5.82. The summed E-state index contributed by atoms with van der Waals surface area (Å²) in [5.74, 6) is -0.182. The summed E-state index contributed by atoms with van der Waals surface area (Å²) < 4.78 is 15.2. The van der Waals surface area contributed by atoms with Gasteiger partial charge in [-0.2, -0.15) is 0 Å². The Morgan fingerprint density at radius 3 is 2.56 bits per heavy atom. The lowest BCUT2D eigenvalue weighted by Gasteiger charge is -2.36. The first-order chi connectivity index (χ1) is 15.5. The van der Waals surface area contributed by atoms with Crippen molar-refractivity contribution in [2.75, 3.05) is 32.7 Å². The molecule has 3 aromatic rings.